The van der Waals surface area contributed by atoms with E-state index in [0.29, 0.717) is 12.3 Å². The van der Waals surface area contributed by atoms with E-state index in [9.17, 15) is 9.59 Å². The van der Waals surface area contributed by atoms with Crippen molar-refractivity contribution < 1.29 is 14.3 Å². The Morgan fingerprint density at radius 1 is 1.18 bits per heavy atom. The van der Waals surface area contributed by atoms with Crippen molar-refractivity contribution in [3.63, 3.8) is 0 Å². The number of nitrogens with one attached hydrogen (secondary N) is 1. The van der Waals surface area contributed by atoms with Crippen LogP contribution >= 0.6 is 0 Å². The molecule has 0 aromatic heterocycles. The summed E-state index contributed by atoms with van der Waals surface area (Å²) in [6.07, 6.45) is 0.906. The molecule has 1 amide bonds. The number of hydrogen-bond acceptors (Lipinski definition) is 4. The molecule has 5 heteroatoms. The Balaban J connectivity index is 2.81. The van der Waals surface area contributed by atoms with Gasteiger partial charge in [-0.2, -0.15) is 0 Å². The first-order chi connectivity index (χ1) is 10.4. The zero-order chi connectivity index (χ0) is 16.6. The minimum Gasteiger partial charge on any atom is -0.465 e. The van der Waals surface area contributed by atoms with Gasteiger partial charge in [-0.3, -0.25) is 9.59 Å². The molecule has 1 N–H and O–H groups in total. The molecule has 0 heterocycles. The summed E-state index contributed by atoms with van der Waals surface area (Å²) in [4.78, 5) is 25.7. The van der Waals surface area contributed by atoms with Gasteiger partial charge in [0.15, 0.2) is 0 Å². The Labute approximate surface area is 132 Å². The third kappa shape index (κ3) is 5.85. The normalized spacial score (nSPS) is 11.1. The smallest absolute Gasteiger partial charge is 0.326 e. The van der Waals surface area contributed by atoms with E-state index in [4.69, 9.17) is 4.74 Å². The fourth-order valence-corrected chi connectivity index (χ4v) is 1.80. The van der Waals surface area contributed by atoms with Gasteiger partial charge >= 0.3 is 5.97 Å². The van der Waals surface area contributed by atoms with Crippen molar-refractivity contribution in [2.45, 2.75) is 39.7 Å². The zero-order valence-corrected chi connectivity index (χ0v) is 13.9. The molecule has 0 saturated carbocycles. The molecule has 0 saturated heterocycles. The summed E-state index contributed by atoms with van der Waals surface area (Å²) in [6.45, 7) is 8.29. The molecule has 5 nitrogen and oxygen atoms in total. The summed E-state index contributed by atoms with van der Waals surface area (Å²) in [5.74, 6) is -0.560. The largest absolute Gasteiger partial charge is 0.465 e. The number of rotatable bonds is 8. The molecule has 22 heavy (non-hydrogen) atoms. The highest BCUT2D eigenvalue weighted by Crippen LogP contribution is 2.14. The van der Waals surface area contributed by atoms with Crippen LogP contribution in [-0.2, 0) is 14.3 Å². The van der Waals surface area contributed by atoms with Crippen LogP contribution in [0.1, 0.15) is 34.1 Å². The van der Waals surface area contributed by atoms with Crippen molar-refractivity contribution in [1.82, 2.24) is 5.32 Å². The van der Waals surface area contributed by atoms with Gasteiger partial charge in [-0.15, -0.1) is 0 Å². The lowest BCUT2D eigenvalue weighted by Crippen LogP contribution is -2.47. The zero-order valence-electron chi connectivity index (χ0n) is 13.9. The van der Waals surface area contributed by atoms with Gasteiger partial charge in [0.05, 0.1) is 13.2 Å². The van der Waals surface area contributed by atoms with Gasteiger partial charge in [0.2, 0.25) is 5.91 Å². The van der Waals surface area contributed by atoms with E-state index >= 15 is 0 Å². The highest BCUT2D eigenvalue weighted by Gasteiger charge is 2.22. The highest BCUT2D eigenvalue weighted by atomic mass is 16.5. The SMILES string of the molecule is CCOC(=O)CN(C(=O)CNC(C)(C)CC)c1ccccc1. The molecule has 0 aliphatic rings. The van der Waals surface area contributed by atoms with Gasteiger partial charge < -0.3 is 15.0 Å². The van der Waals surface area contributed by atoms with E-state index < -0.39 is 5.97 Å². The maximum Gasteiger partial charge on any atom is 0.326 e. The molecule has 1 aromatic rings. The predicted octanol–water partition coefficient (Wildman–Crippen LogP) is 2.36. The van der Waals surface area contributed by atoms with E-state index in [0.717, 1.165) is 6.42 Å². The second-order valence-electron chi connectivity index (χ2n) is 5.71. The Bertz CT molecular complexity index is 486. The summed E-state index contributed by atoms with van der Waals surface area (Å²) < 4.78 is 4.96. The molecular weight excluding hydrogens is 280 g/mol. The van der Waals surface area contributed by atoms with Crippen LogP contribution < -0.4 is 10.2 Å². The maximum absolute atomic E-state index is 12.5. The van der Waals surface area contributed by atoms with E-state index in [1.54, 1.807) is 6.92 Å². The second kappa shape index (κ2) is 8.54. The summed E-state index contributed by atoms with van der Waals surface area (Å²) in [6, 6.07) is 9.16. The third-order valence-corrected chi connectivity index (χ3v) is 3.56. The number of carbonyl (C=O) groups is 2. The standard InChI is InChI=1S/C17H26N2O3/c1-5-17(3,4)18-12-15(20)19(13-16(21)22-6-2)14-10-8-7-9-11-14/h7-11,18H,5-6,12-13H2,1-4H3. The monoisotopic (exact) mass is 306 g/mol. The van der Waals surface area contributed by atoms with Crippen LogP contribution in [0.5, 0.6) is 0 Å². The summed E-state index contributed by atoms with van der Waals surface area (Å²) in [7, 11) is 0. The van der Waals surface area contributed by atoms with Gasteiger partial charge in [0.1, 0.15) is 6.54 Å². The lowest BCUT2D eigenvalue weighted by Gasteiger charge is -2.27. The average Bonchev–Trinajstić information content (AvgIpc) is 2.51. The summed E-state index contributed by atoms with van der Waals surface area (Å²) in [5, 5.41) is 3.22. The van der Waals surface area contributed by atoms with E-state index in [2.05, 4.69) is 12.2 Å². The van der Waals surface area contributed by atoms with Crippen molar-refractivity contribution in [2.24, 2.45) is 0 Å². The van der Waals surface area contributed by atoms with Crippen LogP contribution in [0.25, 0.3) is 0 Å². The second-order valence-corrected chi connectivity index (χ2v) is 5.71. The Morgan fingerprint density at radius 3 is 2.36 bits per heavy atom. The van der Waals surface area contributed by atoms with Crippen LogP contribution in [0, 0.1) is 0 Å². The van der Waals surface area contributed by atoms with Crippen molar-refractivity contribution in [3.05, 3.63) is 30.3 Å². The number of ether oxygens (including phenoxy) is 1. The van der Waals surface area contributed by atoms with Crippen LogP contribution in [0.4, 0.5) is 5.69 Å². The molecule has 1 aromatic carbocycles. The number of esters is 1. The first-order valence-corrected chi connectivity index (χ1v) is 7.65. The fraction of sp³-hybridized carbons (Fsp3) is 0.529. The quantitative estimate of drug-likeness (QED) is 0.749. The van der Waals surface area contributed by atoms with Crippen molar-refractivity contribution in [1.29, 1.82) is 0 Å². The number of benzene rings is 1. The lowest BCUT2D eigenvalue weighted by atomic mass is 10.0. The average molecular weight is 306 g/mol. The Morgan fingerprint density at radius 2 is 1.82 bits per heavy atom. The van der Waals surface area contributed by atoms with Crippen LogP contribution in [0.2, 0.25) is 0 Å². The predicted molar refractivity (Wildman–Crippen MR) is 87.8 cm³/mol. The molecule has 0 fully saturated rings. The molecule has 122 valence electrons. The van der Waals surface area contributed by atoms with Crippen molar-refractivity contribution in [3.8, 4) is 0 Å². The van der Waals surface area contributed by atoms with Gasteiger partial charge in [-0.1, -0.05) is 25.1 Å². The molecule has 0 radical (unpaired) electrons. The lowest BCUT2D eigenvalue weighted by molar-refractivity contribution is -0.142. The molecule has 1 rings (SSSR count). The van der Waals surface area contributed by atoms with E-state index in [-0.39, 0.29) is 24.5 Å². The molecule has 0 unspecified atom stereocenters. The molecule has 0 bridgehead atoms. The van der Waals surface area contributed by atoms with Crippen molar-refractivity contribution in [2.75, 3.05) is 24.6 Å². The molecule has 0 atom stereocenters. The van der Waals surface area contributed by atoms with Gasteiger partial charge in [0.25, 0.3) is 0 Å². The third-order valence-electron chi connectivity index (χ3n) is 3.56. The summed E-state index contributed by atoms with van der Waals surface area (Å²) in [5.41, 5.74) is 0.568. The number of hydrogen-bond donors (Lipinski definition) is 1. The maximum atomic E-state index is 12.5. The first kappa shape index (κ1) is 18.2. The number of para-hydroxylation sites is 1. The van der Waals surface area contributed by atoms with Gasteiger partial charge in [-0.05, 0) is 39.3 Å². The summed E-state index contributed by atoms with van der Waals surface area (Å²) >= 11 is 0. The molecule has 0 spiro atoms. The van der Waals surface area contributed by atoms with Crippen LogP contribution in [-0.4, -0.2) is 37.1 Å². The Hall–Kier alpha value is -1.88. The number of nitrogens with zero attached hydrogens (tertiary/aromatic N) is 1. The van der Waals surface area contributed by atoms with Crippen LogP contribution in [0.3, 0.4) is 0 Å². The molecule has 0 aliphatic heterocycles. The van der Waals surface area contributed by atoms with Crippen LogP contribution in [0.15, 0.2) is 30.3 Å². The van der Waals surface area contributed by atoms with Gasteiger partial charge in [-0.25, -0.2) is 0 Å². The van der Waals surface area contributed by atoms with Gasteiger partial charge in [0, 0.05) is 11.2 Å². The minimum atomic E-state index is -0.408. The number of carbonyl (C=O) groups excluding carboxylic acids is 2. The molecular formula is C17H26N2O3. The number of anilines is 1. The topological polar surface area (TPSA) is 58.6 Å². The molecule has 0 aliphatic carbocycles. The van der Waals surface area contributed by atoms with Crippen molar-refractivity contribution >= 4 is 17.6 Å². The minimum absolute atomic E-state index is 0.0785. The van der Waals surface area contributed by atoms with E-state index in [1.807, 2.05) is 44.2 Å². The first-order valence-electron chi connectivity index (χ1n) is 7.65. The fourth-order valence-electron chi connectivity index (χ4n) is 1.80. The van der Waals surface area contributed by atoms with E-state index in [1.165, 1.54) is 4.90 Å². The highest BCUT2D eigenvalue weighted by molar-refractivity contribution is 5.98. The Kier molecular flexibility index (Phi) is 7.05. The number of amides is 1.